The van der Waals surface area contributed by atoms with E-state index in [4.69, 9.17) is 20.8 Å². The number of carbonyl (C=O) groups excluding carboxylic acids is 1. The van der Waals surface area contributed by atoms with Crippen molar-refractivity contribution in [3.8, 4) is 17.1 Å². The Hall–Kier alpha value is -2.45. The topological polar surface area (TPSA) is 90.2 Å². The van der Waals surface area contributed by atoms with Gasteiger partial charge in [-0.25, -0.2) is 9.78 Å². The Morgan fingerprint density at radius 1 is 1.31 bits per heavy atom. The Balaban J connectivity index is 1.77. The van der Waals surface area contributed by atoms with E-state index < -0.39 is 5.97 Å². The summed E-state index contributed by atoms with van der Waals surface area (Å²) in [5.74, 6) is 1.47. The van der Waals surface area contributed by atoms with Crippen molar-refractivity contribution in [3.05, 3.63) is 46.9 Å². The molecule has 2 aromatic heterocycles. The fourth-order valence-corrected chi connectivity index (χ4v) is 3.26. The predicted octanol–water partition coefficient (Wildman–Crippen LogP) is 4.37. The molecule has 0 aliphatic carbocycles. The number of carbonyl (C=O) groups is 1. The lowest BCUT2D eigenvalue weighted by Gasteiger charge is -2.06. The normalized spacial score (nSPS) is 12.0. The number of nitrogens with zero attached hydrogens (tertiary/aromatic N) is 2. The molecular weight excluding hydrogens is 378 g/mol. The van der Waals surface area contributed by atoms with Crippen LogP contribution in [0.5, 0.6) is 5.75 Å². The minimum absolute atomic E-state index is 0.0988. The monoisotopic (exact) mass is 393 g/mol. The zero-order valence-corrected chi connectivity index (χ0v) is 15.9. The second-order valence-electron chi connectivity index (χ2n) is 5.26. The maximum atomic E-state index is 11.5. The molecule has 0 amide bonds. The molecule has 9 heteroatoms. The van der Waals surface area contributed by atoms with Crippen molar-refractivity contribution < 1.29 is 18.7 Å². The highest BCUT2D eigenvalue weighted by Gasteiger charge is 2.19. The van der Waals surface area contributed by atoms with Gasteiger partial charge in [0, 0.05) is 5.02 Å². The van der Waals surface area contributed by atoms with Gasteiger partial charge in [0.15, 0.2) is 5.82 Å². The number of benzene rings is 1. The zero-order chi connectivity index (χ0) is 18.7. The first kappa shape index (κ1) is 18.3. The van der Waals surface area contributed by atoms with Gasteiger partial charge in [0.25, 0.3) is 0 Å². The molecule has 2 heterocycles. The van der Waals surface area contributed by atoms with E-state index in [0.29, 0.717) is 27.5 Å². The third-order valence-corrected chi connectivity index (χ3v) is 4.79. The highest BCUT2D eigenvalue weighted by Crippen LogP contribution is 2.36. The molecule has 26 heavy (non-hydrogen) atoms. The van der Waals surface area contributed by atoms with Gasteiger partial charge < -0.3 is 13.9 Å². The number of hydrogen-bond donors (Lipinski definition) is 1. The van der Waals surface area contributed by atoms with Crippen molar-refractivity contribution in [2.45, 2.75) is 17.3 Å². The molecule has 136 valence electrons. The average Bonchev–Trinajstić information content (AvgIpc) is 3.30. The summed E-state index contributed by atoms with van der Waals surface area (Å²) in [7, 11) is 2.89. The van der Waals surface area contributed by atoms with E-state index >= 15 is 0 Å². The summed E-state index contributed by atoms with van der Waals surface area (Å²) < 4.78 is 15.5. The van der Waals surface area contributed by atoms with Crippen LogP contribution in [0.2, 0.25) is 5.02 Å². The second-order valence-corrected chi connectivity index (χ2v) is 7.01. The van der Waals surface area contributed by atoms with Crippen LogP contribution in [-0.2, 0) is 4.74 Å². The number of aromatic amines is 1. The average molecular weight is 394 g/mol. The number of furan rings is 1. The molecule has 0 radical (unpaired) electrons. The maximum absolute atomic E-state index is 11.5. The number of hydrogen-bond acceptors (Lipinski definition) is 7. The molecule has 0 fully saturated rings. The van der Waals surface area contributed by atoms with Gasteiger partial charge in [-0.15, -0.1) is 5.10 Å². The van der Waals surface area contributed by atoms with Gasteiger partial charge in [-0.1, -0.05) is 23.4 Å². The van der Waals surface area contributed by atoms with E-state index in [1.807, 2.05) is 6.92 Å². The number of esters is 1. The van der Waals surface area contributed by atoms with Crippen LogP contribution in [0.4, 0.5) is 0 Å². The number of rotatable bonds is 6. The fourth-order valence-electron chi connectivity index (χ4n) is 2.28. The largest absolute Gasteiger partial charge is 0.496 e. The standard InChI is InChI=1S/C17H16ClN3O4S/c1-9(12-6-7-14(25-12)16(22)24-3)26-17-19-15(20-21-17)11-8-10(18)4-5-13(11)23-2/h4-9H,1-3H3,(H,19,20,21). The Labute approximate surface area is 159 Å². The van der Waals surface area contributed by atoms with Crippen LogP contribution < -0.4 is 4.74 Å². The predicted molar refractivity (Wildman–Crippen MR) is 97.7 cm³/mol. The van der Waals surface area contributed by atoms with Gasteiger partial charge >= 0.3 is 5.97 Å². The van der Waals surface area contributed by atoms with Crippen molar-refractivity contribution in [1.82, 2.24) is 15.2 Å². The van der Waals surface area contributed by atoms with Crippen molar-refractivity contribution in [1.29, 1.82) is 0 Å². The second kappa shape index (κ2) is 7.84. The van der Waals surface area contributed by atoms with Crippen LogP contribution in [0.1, 0.15) is 28.5 Å². The molecule has 1 atom stereocenters. The van der Waals surface area contributed by atoms with Crippen molar-refractivity contribution in [2.75, 3.05) is 14.2 Å². The number of halogens is 1. The summed E-state index contributed by atoms with van der Waals surface area (Å²) in [6, 6.07) is 8.59. The summed E-state index contributed by atoms with van der Waals surface area (Å²) in [5, 5.41) is 8.11. The molecule has 0 bridgehead atoms. The SMILES string of the molecule is COC(=O)c1ccc(C(C)Sc2n[nH]c(-c3cc(Cl)ccc3OC)n2)o1. The van der Waals surface area contributed by atoms with Crippen LogP contribution in [0.25, 0.3) is 11.4 Å². The quantitative estimate of drug-likeness (QED) is 0.491. The van der Waals surface area contributed by atoms with E-state index in [-0.39, 0.29) is 11.0 Å². The number of methoxy groups -OCH3 is 2. The highest BCUT2D eigenvalue weighted by atomic mass is 35.5. The number of nitrogens with one attached hydrogen (secondary N) is 1. The molecular formula is C17H16ClN3O4S. The van der Waals surface area contributed by atoms with Gasteiger partial charge in [-0.05, 0) is 37.3 Å². The van der Waals surface area contributed by atoms with Gasteiger partial charge in [-0.3, -0.25) is 5.10 Å². The van der Waals surface area contributed by atoms with Gasteiger partial charge in [0.05, 0.1) is 25.0 Å². The van der Waals surface area contributed by atoms with Crippen molar-refractivity contribution in [2.24, 2.45) is 0 Å². The lowest BCUT2D eigenvalue weighted by Crippen LogP contribution is -1.98. The summed E-state index contributed by atoms with van der Waals surface area (Å²) >= 11 is 7.45. The van der Waals surface area contributed by atoms with Crippen LogP contribution in [0.3, 0.4) is 0 Å². The summed E-state index contributed by atoms with van der Waals surface area (Å²) in [4.78, 5) is 16.0. The molecule has 0 aliphatic rings. The Kier molecular flexibility index (Phi) is 5.53. The van der Waals surface area contributed by atoms with Gasteiger partial charge in [0.1, 0.15) is 11.5 Å². The number of thioether (sulfide) groups is 1. The minimum Gasteiger partial charge on any atom is -0.496 e. The molecule has 1 aromatic carbocycles. The molecule has 0 saturated heterocycles. The molecule has 1 unspecified atom stereocenters. The van der Waals surface area contributed by atoms with Crippen LogP contribution in [-0.4, -0.2) is 35.4 Å². The Bertz CT molecular complexity index is 924. The van der Waals surface area contributed by atoms with Crippen molar-refractivity contribution in [3.63, 3.8) is 0 Å². The first-order valence-electron chi connectivity index (χ1n) is 7.63. The zero-order valence-electron chi connectivity index (χ0n) is 14.3. The lowest BCUT2D eigenvalue weighted by atomic mass is 10.2. The minimum atomic E-state index is -0.512. The fraction of sp³-hybridized carbons (Fsp3) is 0.235. The lowest BCUT2D eigenvalue weighted by molar-refractivity contribution is 0.0563. The molecule has 0 aliphatic heterocycles. The summed E-state index contributed by atoms with van der Waals surface area (Å²) in [6.45, 7) is 1.93. The van der Waals surface area contributed by atoms with E-state index in [2.05, 4.69) is 19.9 Å². The van der Waals surface area contributed by atoms with Gasteiger partial charge in [0.2, 0.25) is 10.9 Å². The number of H-pyrrole nitrogens is 1. The van der Waals surface area contributed by atoms with Crippen LogP contribution in [0.15, 0.2) is 39.9 Å². The third kappa shape index (κ3) is 3.86. The Morgan fingerprint density at radius 3 is 2.85 bits per heavy atom. The summed E-state index contributed by atoms with van der Waals surface area (Å²) in [6.07, 6.45) is 0. The molecule has 3 aromatic rings. The molecule has 3 rings (SSSR count). The maximum Gasteiger partial charge on any atom is 0.373 e. The molecule has 7 nitrogen and oxygen atoms in total. The molecule has 0 spiro atoms. The highest BCUT2D eigenvalue weighted by molar-refractivity contribution is 7.99. The molecule has 0 saturated carbocycles. The van der Waals surface area contributed by atoms with E-state index in [0.717, 1.165) is 5.56 Å². The van der Waals surface area contributed by atoms with Gasteiger partial charge in [-0.2, -0.15) is 0 Å². The van der Waals surface area contributed by atoms with Crippen LogP contribution in [0, 0.1) is 0 Å². The van der Waals surface area contributed by atoms with Crippen molar-refractivity contribution >= 4 is 29.3 Å². The molecule has 1 N–H and O–H groups in total. The van der Waals surface area contributed by atoms with E-state index in [1.165, 1.54) is 18.9 Å². The first-order valence-corrected chi connectivity index (χ1v) is 8.88. The first-order chi connectivity index (χ1) is 12.5. The Morgan fingerprint density at radius 2 is 2.12 bits per heavy atom. The third-order valence-electron chi connectivity index (χ3n) is 3.58. The number of ether oxygens (including phenoxy) is 2. The smallest absolute Gasteiger partial charge is 0.373 e. The van der Waals surface area contributed by atoms with Crippen LogP contribution >= 0.6 is 23.4 Å². The summed E-state index contributed by atoms with van der Waals surface area (Å²) in [5.41, 5.74) is 0.720. The number of aromatic nitrogens is 3. The van der Waals surface area contributed by atoms with E-state index in [9.17, 15) is 4.79 Å². The van der Waals surface area contributed by atoms with E-state index in [1.54, 1.807) is 37.4 Å².